The van der Waals surface area contributed by atoms with Crippen LogP contribution in [0.2, 0.25) is 0 Å². The smallest absolute Gasteiger partial charge is 0.330 e. The fourth-order valence-corrected chi connectivity index (χ4v) is 3.41. The molecule has 1 saturated heterocycles. The van der Waals surface area contributed by atoms with E-state index in [1.807, 2.05) is 0 Å². The number of H-pyrrole nitrogens is 1. The minimum absolute atomic E-state index is 0.340. The second kappa shape index (κ2) is 10.1. The van der Waals surface area contributed by atoms with Gasteiger partial charge in [0.15, 0.2) is 6.23 Å². The average molecular weight is 392 g/mol. The standard InChI is InChI=1S/C15H25N2O8P/c1-2-3-4-5-8-23-13-12(25-26(21)22)10(9-18)24-14(13)17-7-6-11(19)16-15(17)20/h6-7,10,12-14,18,26H,2-5,8-9H2,1H3,(H,21,22)(H,16,19,20). The van der Waals surface area contributed by atoms with Gasteiger partial charge < -0.3 is 24.0 Å². The van der Waals surface area contributed by atoms with E-state index in [0.29, 0.717) is 6.61 Å². The zero-order valence-electron chi connectivity index (χ0n) is 14.5. The van der Waals surface area contributed by atoms with Crippen LogP contribution in [-0.2, 0) is 18.6 Å². The Morgan fingerprint density at radius 1 is 1.31 bits per heavy atom. The summed E-state index contributed by atoms with van der Waals surface area (Å²) < 4.78 is 28.8. The average Bonchev–Trinajstić information content (AvgIpc) is 2.91. The molecule has 1 aliphatic heterocycles. The highest BCUT2D eigenvalue weighted by Crippen LogP contribution is 2.37. The van der Waals surface area contributed by atoms with Crippen LogP contribution in [0.5, 0.6) is 0 Å². The fourth-order valence-electron chi connectivity index (χ4n) is 2.89. The van der Waals surface area contributed by atoms with Crippen molar-refractivity contribution in [3.63, 3.8) is 0 Å². The van der Waals surface area contributed by atoms with Crippen LogP contribution in [0.4, 0.5) is 0 Å². The lowest BCUT2D eigenvalue weighted by Crippen LogP contribution is -2.40. The van der Waals surface area contributed by atoms with Gasteiger partial charge in [0.1, 0.15) is 18.3 Å². The topological polar surface area (TPSA) is 140 Å². The minimum Gasteiger partial charge on any atom is -0.394 e. The van der Waals surface area contributed by atoms with Crippen LogP contribution in [0.1, 0.15) is 38.8 Å². The molecule has 10 nitrogen and oxygen atoms in total. The first-order valence-corrected chi connectivity index (χ1v) is 9.83. The summed E-state index contributed by atoms with van der Waals surface area (Å²) in [5.41, 5.74) is -1.27. The van der Waals surface area contributed by atoms with Crippen molar-refractivity contribution in [2.45, 2.75) is 57.1 Å². The molecule has 2 rings (SSSR count). The Morgan fingerprint density at radius 3 is 2.69 bits per heavy atom. The number of nitrogens with zero attached hydrogens (tertiary/aromatic N) is 1. The quantitative estimate of drug-likeness (QED) is 0.378. The van der Waals surface area contributed by atoms with Crippen LogP contribution in [0.25, 0.3) is 0 Å². The van der Waals surface area contributed by atoms with Crippen molar-refractivity contribution in [1.29, 1.82) is 0 Å². The number of aromatic nitrogens is 2. The Kier molecular flexibility index (Phi) is 8.20. The first kappa shape index (κ1) is 21.0. The summed E-state index contributed by atoms with van der Waals surface area (Å²) in [6.45, 7) is 1.94. The molecule has 0 amide bonds. The van der Waals surface area contributed by atoms with Crippen LogP contribution in [0.3, 0.4) is 0 Å². The normalized spacial score (nSPS) is 26.9. The zero-order chi connectivity index (χ0) is 19.1. The third-order valence-corrected chi connectivity index (χ3v) is 4.61. The van der Waals surface area contributed by atoms with E-state index in [1.165, 1.54) is 6.20 Å². The molecule has 2 heterocycles. The van der Waals surface area contributed by atoms with E-state index in [1.54, 1.807) is 0 Å². The van der Waals surface area contributed by atoms with Gasteiger partial charge in [-0.05, 0) is 6.42 Å². The predicted molar refractivity (Wildman–Crippen MR) is 92.3 cm³/mol. The van der Waals surface area contributed by atoms with E-state index in [-0.39, 0.29) is 0 Å². The lowest BCUT2D eigenvalue weighted by atomic mass is 10.1. The maximum atomic E-state index is 12.1. The second-order valence-electron chi connectivity index (χ2n) is 6.01. The number of ether oxygens (including phenoxy) is 2. The van der Waals surface area contributed by atoms with E-state index in [4.69, 9.17) is 18.9 Å². The molecule has 26 heavy (non-hydrogen) atoms. The summed E-state index contributed by atoms with van der Waals surface area (Å²) in [5.74, 6) is 0. The zero-order valence-corrected chi connectivity index (χ0v) is 15.5. The largest absolute Gasteiger partial charge is 0.394 e. The molecule has 0 aromatic carbocycles. The number of unbranched alkanes of at least 4 members (excludes halogenated alkanes) is 3. The monoisotopic (exact) mass is 392 g/mol. The fraction of sp³-hybridized carbons (Fsp3) is 0.733. The molecule has 3 N–H and O–H groups in total. The van der Waals surface area contributed by atoms with Gasteiger partial charge in [0.05, 0.1) is 6.61 Å². The van der Waals surface area contributed by atoms with Gasteiger partial charge in [0, 0.05) is 18.9 Å². The van der Waals surface area contributed by atoms with Crippen molar-refractivity contribution in [2.24, 2.45) is 0 Å². The Labute approximate surface area is 150 Å². The number of hydrogen-bond donors (Lipinski definition) is 3. The summed E-state index contributed by atoms with van der Waals surface area (Å²) >= 11 is 0. The van der Waals surface area contributed by atoms with Crippen LogP contribution >= 0.6 is 8.25 Å². The number of aliphatic hydroxyl groups is 1. The van der Waals surface area contributed by atoms with E-state index in [9.17, 15) is 19.3 Å². The highest BCUT2D eigenvalue weighted by Gasteiger charge is 2.48. The number of rotatable bonds is 10. The molecule has 5 atom stereocenters. The number of aliphatic hydroxyl groups excluding tert-OH is 1. The van der Waals surface area contributed by atoms with Crippen LogP contribution in [0, 0.1) is 0 Å². The van der Waals surface area contributed by atoms with E-state index < -0.39 is 50.7 Å². The van der Waals surface area contributed by atoms with Gasteiger partial charge in [-0.15, -0.1) is 0 Å². The maximum Gasteiger partial charge on any atom is 0.330 e. The lowest BCUT2D eigenvalue weighted by Gasteiger charge is -2.24. The number of nitrogens with one attached hydrogen (secondary N) is 1. The first-order valence-electron chi connectivity index (χ1n) is 8.57. The van der Waals surface area contributed by atoms with Gasteiger partial charge in [0.25, 0.3) is 5.56 Å². The van der Waals surface area contributed by atoms with Gasteiger partial charge in [-0.25, -0.2) is 4.79 Å². The summed E-state index contributed by atoms with van der Waals surface area (Å²) in [7, 11) is -3.32. The molecule has 1 fully saturated rings. The molecule has 0 bridgehead atoms. The molecule has 0 aliphatic carbocycles. The SMILES string of the molecule is CCCCCCOC1C(O[PH](=O)O)C(CO)OC1n1ccc(=O)[nH]c1=O. The highest BCUT2D eigenvalue weighted by atomic mass is 31.1. The molecule has 1 aromatic heterocycles. The summed E-state index contributed by atoms with van der Waals surface area (Å²) in [5, 5.41) is 9.51. The third-order valence-electron chi connectivity index (χ3n) is 4.14. The number of hydrogen-bond acceptors (Lipinski definition) is 7. The Balaban J connectivity index is 2.23. The maximum absolute atomic E-state index is 12.1. The molecule has 0 spiro atoms. The Morgan fingerprint density at radius 2 is 2.08 bits per heavy atom. The lowest BCUT2D eigenvalue weighted by molar-refractivity contribution is -0.0744. The molecule has 148 valence electrons. The van der Waals surface area contributed by atoms with Crippen molar-refractivity contribution in [2.75, 3.05) is 13.2 Å². The molecule has 5 unspecified atom stereocenters. The van der Waals surface area contributed by atoms with Crippen LogP contribution in [-0.4, -0.2) is 51.1 Å². The van der Waals surface area contributed by atoms with Gasteiger partial charge in [-0.1, -0.05) is 26.2 Å². The van der Waals surface area contributed by atoms with E-state index in [2.05, 4.69) is 11.9 Å². The van der Waals surface area contributed by atoms with Crippen molar-refractivity contribution < 1.29 is 28.6 Å². The van der Waals surface area contributed by atoms with Gasteiger partial charge in [-0.2, -0.15) is 0 Å². The predicted octanol–water partition coefficient (Wildman–Crippen LogP) is 0.159. The van der Waals surface area contributed by atoms with Gasteiger partial charge in [-0.3, -0.25) is 18.9 Å². The molecule has 1 aliphatic rings. The van der Waals surface area contributed by atoms with Crippen molar-refractivity contribution in [1.82, 2.24) is 9.55 Å². The van der Waals surface area contributed by atoms with Gasteiger partial charge in [0.2, 0.25) is 0 Å². The molecule has 0 radical (unpaired) electrons. The summed E-state index contributed by atoms with van der Waals surface area (Å²) in [6, 6.07) is 1.15. The summed E-state index contributed by atoms with van der Waals surface area (Å²) in [4.78, 5) is 34.6. The molecular formula is C15H25N2O8P. The van der Waals surface area contributed by atoms with Crippen molar-refractivity contribution >= 4 is 8.25 Å². The van der Waals surface area contributed by atoms with E-state index in [0.717, 1.165) is 36.3 Å². The van der Waals surface area contributed by atoms with Gasteiger partial charge >= 0.3 is 13.9 Å². The van der Waals surface area contributed by atoms with Crippen LogP contribution in [0.15, 0.2) is 21.9 Å². The Bertz CT molecular complexity index is 705. The minimum atomic E-state index is -3.32. The highest BCUT2D eigenvalue weighted by molar-refractivity contribution is 7.32. The molecule has 1 aromatic rings. The Hall–Kier alpha value is -1.29. The third kappa shape index (κ3) is 5.35. The van der Waals surface area contributed by atoms with E-state index >= 15 is 0 Å². The van der Waals surface area contributed by atoms with Crippen LogP contribution < -0.4 is 11.2 Å². The molecule has 11 heteroatoms. The van der Waals surface area contributed by atoms with Crippen molar-refractivity contribution in [3.8, 4) is 0 Å². The summed E-state index contributed by atoms with van der Waals surface area (Å²) in [6.07, 6.45) is 1.22. The molecule has 0 saturated carbocycles. The first-order chi connectivity index (χ1) is 12.5. The second-order valence-corrected chi connectivity index (χ2v) is 6.78. The molecular weight excluding hydrogens is 367 g/mol. The number of aromatic amines is 1. The van der Waals surface area contributed by atoms with Crippen molar-refractivity contribution in [3.05, 3.63) is 33.1 Å².